The van der Waals surface area contributed by atoms with Gasteiger partial charge in [0, 0.05) is 36.6 Å². The molecule has 31 heavy (non-hydrogen) atoms. The first-order chi connectivity index (χ1) is 15.1. The van der Waals surface area contributed by atoms with Gasteiger partial charge >= 0.3 is 0 Å². The van der Waals surface area contributed by atoms with Crippen LogP contribution in [0.2, 0.25) is 0 Å². The van der Waals surface area contributed by atoms with Crippen molar-refractivity contribution in [3.05, 3.63) is 41.7 Å². The Labute approximate surface area is 192 Å². The molecule has 1 heterocycles. The number of benzene rings is 1. The summed E-state index contributed by atoms with van der Waals surface area (Å²) in [4.78, 5) is 13.7. The summed E-state index contributed by atoms with van der Waals surface area (Å²) >= 11 is 1.68. The molecule has 1 aromatic heterocycles. The zero-order valence-electron chi connectivity index (χ0n) is 19.8. The quantitative estimate of drug-likeness (QED) is 0.223. The molecular formula is C24H38N4O2S. The Bertz CT molecular complexity index is 758. The summed E-state index contributed by atoms with van der Waals surface area (Å²) in [6, 6.07) is 6.06. The number of thioether (sulfide) groups is 1. The zero-order chi connectivity index (χ0) is 22.5. The van der Waals surface area contributed by atoms with Crippen molar-refractivity contribution < 1.29 is 9.47 Å². The van der Waals surface area contributed by atoms with Crippen molar-refractivity contribution in [2.45, 2.75) is 51.4 Å². The molecule has 7 heteroatoms. The second kappa shape index (κ2) is 14.3. The van der Waals surface area contributed by atoms with Gasteiger partial charge in [0.2, 0.25) is 0 Å². The predicted octanol–water partition coefficient (Wildman–Crippen LogP) is 4.73. The SMILES string of the molecule is CCSc1ncc(CN(CC)CCCCCN(C)Cc2cccc(OC)c2OC)cn1. The summed E-state index contributed by atoms with van der Waals surface area (Å²) in [5, 5.41) is 0.866. The van der Waals surface area contributed by atoms with Crippen molar-refractivity contribution in [3.63, 3.8) is 0 Å². The molecule has 0 aliphatic rings. The van der Waals surface area contributed by atoms with Gasteiger partial charge in [-0.05, 0) is 51.3 Å². The number of nitrogens with zero attached hydrogens (tertiary/aromatic N) is 4. The van der Waals surface area contributed by atoms with Gasteiger partial charge in [-0.25, -0.2) is 9.97 Å². The molecule has 2 rings (SSSR count). The van der Waals surface area contributed by atoms with Crippen molar-refractivity contribution in [1.82, 2.24) is 19.8 Å². The maximum absolute atomic E-state index is 5.55. The van der Waals surface area contributed by atoms with E-state index in [0.29, 0.717) is 0 Å². The molecule has 0 N–H and O–H groups in total. The van der Waals surface area contributed by atoms with E-state index in [1.54, 1.807) is 26.0 Å². The number of methoxy groups -OCH3 is 2. The van der Waals surface area contributed by atoms with E-state index in [1.807, 2.05) is 24.5 Å². The standard InChI is InChI=1S/C24H38N4O2S/c1-6-28(18-20-16-25-24(26-17-20)31-7-2)15-10-8-9-14-27(3)19-21-12-11-13-22(29-4)23(21)30-5/h11-13,16-17H,6-10,14-15,18-19H2,1-5H3. The van der Waals surface area contributed by atoms with Gasteiger partial charge < -0.3 is 14.4 Å². The van der Waals surface area contributed by atoms with Crippen LogP contribution in [-0.2, 0) is 13.1 Å². The maximum atomic E-state index is 5.55. The number of hydrogen-bond acceptors (Lipinski definition) is 7. The smallest absolute Gasteiger partial charge is 0.187 e. The highest BCUT2D eigenvalue weighted by molar-refractivity contribution is 7.99. The molecule has 0 spiro atoms. The second-order valence-electron chi connectivity index (χ2n) is 7.63. The molecule has 0 saturated carbocycles. The minimum absolute atomic E-state index is 0.789. The van der Waals surface area contributed by atoms with Crippen molar-refractivity contribution in [1.29, 1.82) is 0 Å². The second-order valence-corrected chi connectivity index (χ2v) is 8.86. The number of para-hydroxylation sites is 1. The summed E-state index contributed by atoms with van der Waals surface area (Å²) in [5.74, 6) is 2.63. The highest BCUT2D eigenvalue weighted by Crippen LogP contribution is 2.31. The molecule has 0 aliphatic heterocycles. The van der Waals surface area contributed by atoms with Crippen LogP contribution in [0.1, 0.15) is 44.2 Å². The number of hydrogen-bond donors (Lipinski definition) is 0. The summed E-state index contributed by atoms with van der Waals surface area (Å²) in [6.45, 7) is 9.33. The molecule has 0 bridgehead atoms. The highest BCUT2D eigenvalue weighted by Gasteiger charge is 2.11. The maximum Gasteiger partial charge on any atom is 0.187 e. The summed E-state index contributed by atoms with van der Waals surface area (Å²) in [6.07, 6.45) is 7.55. The normalized spacial score (nSPS) is 11.3. The average molecular weight is 447 g/mol. The lowest BCUT2D eigenvalue weighted by molar-refractivity contribution is 0.264. The van der Waals surface area contributed by atoms with Crippen LogP contribution in [0.4, 0.5) is 0 Å². The number of rotatable bonds is 15. The van der Waals surface area contributed by atoms with Gasteiger partial charge in [0.1, 0.15) is 0 Å². The fraction of sp³-hybridized carbons (Fsp3) is 0.583. The molecule has 0 radical (unpaired) electrons. The van der Waals surface area contributed by atoms with Crippen LogP contribution < -0.4 is 9.47 Å². The lowest BCUT2D eigenvalue weighted by Gasteiger charge is -2.21. The molecule has 0 amide bonds. The van der Waals surface area contributed by atoms with Crippen LogP contribution in [0.15, 0.2) is 35.7 Å². The third-order valence-corrected chi connectivity index (χ3v) is 6.01. The highest BCUT2D eigenvalue weighted by atomic mass is 32.2. The molecule has 0 saturated heterocycles. The molecule has 2 aromatic rings. The first-order valence-corrected chi connectivity index (χ1v) is 12.1. The predicted molar refractivity (Wildman–Crippen MR) is 129 cm³/mol. The van der Waals surface area contributed by atoms with E-state index in [1.165, 1.54) is 24.8 Å². The molecule has 6 nitrogen and oxygen atoms in total. The van der Waals surface area contributed by atoms with Gasteiger partial charge in [-0.1, -0.05) is 44.2 Å². The number of unbranched alkanes of at least 4 members (excludes halogenated alkanes) is 2. The van der Waals surface area contributed by atoms with E-state index < -0.39 is 0 Å². The third kappa shape index (κ3) is 8.67. The van der Waals surface area contributed by atoms with E-state index in [-0.39, 0.29) is 0 Å². The van der Waals surface area contributed by atoms with Crippen LogP contribution >= 0.6 is 11.8 Å². The first kappa shape index (κ1) is 25.4. The van der Waals surface area contributed by atoms with Crippen molar-refractivity contribution in [2.24, 2.45) is 0 Å². The van der Waals surface area contributed by atoms with E-state index in [9.17, 15) is 0 Å². The van der Waals surface area contributed by atoms with Crippen LogP contribution in [-0.4, -0.2) is 66.4 Å². The number of aromatic nitrogens is 2. The minimum Gasteiger partial charge on any atom is -0.493 e. The molecule has 0 fully saturated rings. The van der Waals surface area contributed by atoms with Crippen LogP contribution in [0.25, 0.3) is 0 Å². The van der Waals surface area contributed by atoms with Crippen molar-refractivity contribution in [2.75, 3.05) is 46.7 Å². The summed E-state index contributed by atoms with van der Waals surface area (Å²) in [5.41, 5.74) is 2.35. The van der Waals surface area contributed by atoms with Gasteiger partial charge in [0.15, 0.2) is 16.7 Å². The lowest BCUT2D eigenvalue weighted by Crippen LogP contribution is -2.24. The van der Waals surface area contributed by atoms with E-state index in [0.717, 1.165) is 60.7 Å². The van der Waals surface area contributed by atoms with Gasteiger partial charge in [-0.15, -0.1) is 0 Å². The fourth-order valence-corrected chi connectivity index (χ4v) is 4.09. The average Bonchev–Trinajstić information content (AvgIpc) is 2.79. The monoisotopic (exact) mass is 446 g/mol. The Hall–Kier alpha value is -1.83. The first-order valence-electron chi connectivity index (χ1n) is 11.2. The Morgan fingerprint density at radius 2 is 1.68 bits per heavy atom. The van der Waals surface area contributed by atoms with Crippen molar-refractivity contribution in [3.8, 4) is 11.5 Å². The molecule has 0 unspecified atom stereocenters. The Kier molecular flexibility index (Phi) is 11.7. The van der Waals surface area contributed by atoms with Crippen molar-refractivity contribution >= 4 is 11.8 Å². The van der Waals surface area contributed by atoms with Gasteiger partial charge in [0.05, 0.1) is 14.2 Å². The van der Waals surface area contributed by atoms with Gasteiger partial charge in [-0.3, -0.25) is 4.90 Å². The van der Waals surface area contributed by atoms with Crippen LogP contribution in [0.5, 0.6) is 11.5 Å². The van der Waals surface area contributed by atoms with E-state index in [4.69, 9.17) is 9.47 Å². The zero-order valence-corrected chi connectivity index (χ0v) is 20.6. The third-order valence-electron chi connectivity index (χ3n) is 5.25. The molecule has 0 atom stereocenters. The van der Waals surface area contributed by atoms with Crippen LogP contribution in [0, 0.1) is 0 Å². The fourth-order valence-electron chi connectivity index (χ4n) is 3.58. The summed E-state index contributed by atoms with van der Waals surface area (Å²) < 4.78 is 11.0. The largest absolute Gasteiger partial charge is 0.493 e. The Morgan fingerprint density at radius 1 is 0.935 bits per heavy atom. The molecule has 172 valence electrons. The van der Waals surface area contributed by atoms with E-state index in [2.05, 4.69) is 46.7 Å². The van der Waals surface area contributed by atoms with Crippen LogP contribution in [0.3, 0.4) is 0 Å². The Morgan fingerprint density at radius 3 is 2.32 bits per heavy atom. The van der Waals surface area contributed by atoms with Gasteiger partial charge in [-0.2, -0.15) is 0 Å². The Balaban J connectivity index is 1.69. The molecular weight excluding hydrogens is 408 g/mol. The minimum atomic E-state index is 0.789. The van der Waals surface area contributed by atoms with Gasteiger partial charge in [0.25, 0.3) is 0 Å². The summed E-state index contributed by atoms with van der Waals surface area (Å²) in [7, 11) is 5.54. The topological polar surface area (TPSA) is 50.7 Å². The molecule has 1 aromatic carbocycles. The lowest BCUT2D eigenvalue weighted by atomic mass is 10.1. The van der Waals surface area contributed by atoms with E-state index >= 15 is 0 Å². The number of ether oxygens (including phenoxy) is 2. The molecule has 0 aliphatic carbocycles.